The molecule has 1 aliphatic rings. The number of rotatable bonds is 9. The van der Waals surface area contributed by atoms with E-state index in [1.165, 1.54) is 29.3 Å². The first-order chi connectivity index (χ1) is 17.1. The number of allylic oxidation sites excluding steroid dienone is 5. The molecule has 0 spiro atoms. The highest BCUT2D eigenvalue weighted by Gasteiger charge is 2.34. The number of phenolic OH excluding ortho intramolecular Hbond substituents is 3. The predicted octanol–water partition coefficient (Wildman–Crippen LogP) is 7.98. The molecule has 0 radical (unpaired) electrons. The average Bonchev–Trinajstić information content (AvgIpc) is 2.90. The lowest BCUT2D eigenvalue weighted by Crippen LogP contribution is -2.30. The molecule has 0 unspecified atom stereocenters. The van der Waals surface area contributed by atoms with Crippen LogP contribution < -0.4 is 9.80 Å². The Morgan fingerprint density at radius 1 is 0.838 bits per heavy atom. The molecule has 1 heterocycles. The van der Waals surface area contributed by atoms with Crippen LogP contribution >= 0.6 is 0 Å². The zero-order valence-electron chi connectivity index (χ0n) is 22.0. The number of benzene rings is 2. The second kappa shape index (κ2) is 13.0. The zero-order valence-corrected chi connectivity index (χ0v) is 22.0. The van der Waals surface area contributed by atoms with Crippen molar-refractivity contribution in [3.05, 3.63) is 70.8 Å². The highest BCUT2D eigenvalue weighted by Crippen LogP contribution is 2.49. The van der Waals surface area contributed by atoms with Crippen molar-refractivity contribution in [1.82, 2.24) is 0 Å². The molecule has 0 saturated carbocycles. The van der Waals surface area contributed by atoms with Crippen LogP contribution in [0.1, 0.15) is 78.1 Å². The normalized spacial score (nSPS) is 13.5. The molecule has 3 N–H and O–H groups in total. The Morgan fingerprint density at radius 3 is 2.14 bits per heavy atom. The van der Waals surface area contributed by atoms with Crippen LogP contribution in [0.2, 0.25) is 0 Å². The van der Waals surface area contributed by atoms with Crippen molar-refractivity contribution in [2.75, 3.05) is 22.9 Å². The fraction of sp³-hybridized carbons (Fsp3) is 0.387. The van der Waals surface area contributed by atoms with Crippen LogP contribution in [0.15, 0.2) is 65.3 Å². The van der Waals surface area contributed by atoms with E-state index in [2.05, 4.69) is 32.9 Å². The van der Waals surface area contributed by atoms with E-state index >= 15 is 0 Å². The molecule has 200 valence electrons. The molecule has 0 bridgehead atoms. The fourth-order valence-corrected chi connectivity index (χ4v) is 4.51. The largest absolute Gasteiger partial charge is 0.508 e. The number of hydrogen-bond acceptors (Lipinski definition) is 5. The Morgan fingerprint density at radius 2 is 1.49 bits per heavy atom. The molecule has 6 heteroatoms. The predicted molar refractivity (Wildman–Crippen MR) is 154 cm³/mol. The van der Waals surface area contributed by atoms with E-state index in [0.29, 0.717) is 29.2 Å². The number of carbonyl (C=O) groups excluding carboxylic acids is 1. The minimum atomic E-state index is -0.304. The summed E-state index contributed by atoms with van der Waals surface area (Å²) in [6, 6.07) is 7.58. The Labute approximate surface area is 221 Å². The second-order valence-electron chi connectivity index (χ2n) is 9.63. The van der Waals surface area contributed by atoms with E-state index in [-0.39, 0.29) is 37.1 Å². The van der Waals surface area contributed by atoms with Gasteiger partial charge in [0.1, 0.15) is 22.9 Å². The van der Waals surface area contributed by atoms with Crippen molar-refractivity contribution in [3.63, 3.8) is 0 Å². The van der Waals surface area contributed by atoms with E-state index in [1.807, 2.05) is 19.9 Å². The van der Waals surface area contributed by atoms with Crippen LogP contribution in [0.25, 0.3) is 0 Å². The summed E-state index contributed by atoms with van der Waals surface area (Å²) in [6.07, 6.45) is 10.5. The van der Waals surface area contributed by atoms with Gasteiger partial charge in [-0.25, -0.2) is 0 Å². The number of para-hydroxylation sites is 1. The van der Waals surface area contributed by atoms with E-state index in [0.717, 1.165) is 31.3 Å². The van der Waals surface area contributed by atoms with Crippen LogP contribution in [0, 0.1) is 0 Å². The summed E-state index contributed by atoms with van der Waals surface area (Å²) >= 11 is 0. The molecular formula is C31H42N2O4. The third-order valence-electron chi connectivity index (χ3n) is 6.44. The van der Waals surface area contributed by atoms with Crippen molar-refractivity contribution in [3.8, 4) is 17.2 Å². The van der Waals surface area contributed by atoms with Crippen LogP contribution in [-0.2, 0) is 0 Å². The Kier molecular flexibility index (Phi) is 10.4. The molecule has 2 aromatic rings. The second-order valence-corrected chi connectivity index (χ2v) is 9.63. The number of nitrogens with zero attached hydrogens (tertiary/aromatic N) is 2. The minimum absolute atomic E-state index is 0. The molecule has 0 atom stereocenters. The monoisotopic (exact) mass is 506 g/mol. The molecular weight excluding hydrogens is 464 g/mol. The molecule has 3 rings (SSSR count). The lowest BCUT2D eigenvalue weighted by atomic mass is 10.1. The molecule has 1 amide bonds. The molecule has 2 aromatic carbocycles. The minimum Gasteiger partial charge on any atom is -0.508 e. The highest BCUT2D eigenvalue weighted by molar-refractivity contribution is 6.15. The number of amides is 1. The van der Waals surface area contributed by atoms with Crippen LogP contribution in [-0.4, -0.2) is 34.3 Å². The van der Waals surface area contributed by atoms with Gasteiger partial charge in [-0.2, -0.15) is 0 Å². The van der Waals surface area contributed by atoms with Gasteiger partial charge in [-0.3, -0.25) is 4.79 Å². The number of phenols is 3. The van der Waals surface area contributed by atoms with Crippen molar-refractivity contribution < 1.29 is 20.1 Å². The van der Waals surface area contributed by atoms with E-state index < -0.39 is 0 Å². The summed E-state index contributed by atoms with van der Waals surface area (Å²) in [4.78, 5) is 16.9. The Bertz CT molecular complexity index is 1210. The quantitative estimate of drug-likeness (QED) is 0.300. The van der Waals surface area contributed by atoms with Gasteiger partial charge in [0.25, 0.3) is 5.91 Å². The standard InChI is InChI=1S/C30H38N2O4.CH4/c1-6-31-28-24(14-9-15-26(28)34)30(36)32(25-18-23(33)19-27(35)29(25)31)17-16-22(5)13-8-12-21(4)11-7-10-20(2)3;/h9-10,12,14-16,18-19,33-35H,6-8,11,13,17H2,1-5H3;1H4/b21-12+,22-16+;. The highest BCUT2D eigenvalue weighted by atomic mass is 16.3. The molecule has 0 saturated heterocycles. The first-order valence-electron chi connectivity index (χ1n) is 12.6. The molecule has 6 nitrogen and oxygen atoms in total. The maximum atomic E-state index is 13.7. The number of carbonyl (C=O) groups is 1. The van der Waals surface area contributed by atoms with Gasteiger partial charge in [-0.1, -0.05) is 48.4 Å². The van der Waals surface area contributed by atoms with Gasteiger partial charge in [0, 0.05) is 25.2 Å². The lowest BCUT2D eigenvalue weighted by molar-refractivity contribution is 0.0990. The van der Waals surface area contributed by atoms with Gasteiger partial charge in [-0.15, -0.1) is 0 Å². The van der Waals surface area contributed by atoms with Gasteiger partial charge < -0.3 is 25.1 Å². The number of anilines is 3. The van der Waals surface area contributed by atoms with E-state index in [1.54, 1.807) is 21.9 Å². The smallest absolute Gasteiger partial charge is 0.260 e. The third kappa shape index (κ3) is 6.97. The maximum Gasteiger partial charge on any atom is 0.260 e. The van der Waals surface area contributed by atoms with Gasteiger partial charge in [0.05, 0.1) is 16.9 Å². The van der Waals surface area contributed by atoms with Crippen LogP contribution in [0.5, 0.6) is 17.2 Å². The fourth-order valence-electron chi connectivity index (χ4n) is 4.51. The summed E-state index contributed by atoms with van der Waals surface area (Å²) in [5.41, 5.74) is 5.33. The van der Waals surface area contributed by atoms with E-state index in [9.17, 15) is 20.1 Å². The summed E-state index contributed by atoms with van der Waals surface area (Å²) in [6.45, 7) is 11.0. The van der Waals surface area contributed by atoms with Crippen LogP contribution in [0.3, 0.4) is 0 Å². The summed E-state index contributed by atoms with van der Waals surface area (Å²) in [5.74, 6) is -0.636. The SMILES string of the molecule is C.CCN1c2c(O)cccc2C(=O)N(C/C=C(\C)CC/C=C(\C)CCC=C(C)C)c2cc(O)cc(O)c21. The lowest BCUT2D eigenvalue weighted by Gasteiger charge is -2.27. The topological polar surface area (TPSA) is 84.2 Å². The average molecular weight is 507 g/mol. The van der Waals surface area contributed by atoms with Gasteiger partial charge in [0.15, 0.2) is 0 Å². The Hall–Kier alpha value is -3.67. The van der Waals surface area contributed by atoms with Crippen molar-refractivity contribution in [1.29, 1.82) is 0 Å². The number of fused-ring (bicyclic) bond motifs is 2. The van der Waals surface area contributed by atoms with Gasteiger partial charge in [0.2, 0.25) is 0 Å². The first kappa shape index (κ1) is 29.6. The summed E-state index contributed by atoms with van der Waals surface area (Å²) < 4.78 is 0. The molecule has 37 heavy (non-hydrogen) atoms. The van der Waals surface area contributed by atoms with Crippen molar-refractivity contribution in [2.45, 2.75) is 67.7 Å². The zero-order chi connectivity index (χ0) is 26.4. The molecule has 0 aliphatic carbocycles. The number of aromatic hydroxyl groups is 3. The summed E-state index contributed by atoms with van der Waals surface area (Å²) in [7, 11) is 0. The maximum absolute atomic E-state index is 13.7. The molecule has 0 aromatic heterocycles. The van der Waals surface area contributed by atoms with E-state index in [4.69, 9.17) is 0 Å². The van der Waals surface area contributed by atoms with Crippen molar-refractivity contribution >= 4 is 23.0 Å². The van der Waals surface area contributed by atoms with Crippen molar-refractivity contribution in [2.24, 2.45) is 0 Å². The molecule has 1 aliphatic heterocycles. The van der Waals surface area contributed by atoms with Gasteiger partial charge >= 0.3 is 0 Å². The number of hydrogen-bond donors (Lipinski definition) is 3. The third-order valence-corrected chi connectivity index (χ3v) is 6.44. The Balaban J connectivity index is 0.00000481. The summed E-state index contributed by atoms with van der Waals surface area (Å²) in [5, 5.41) is 31.7. The first-order valence-corrected chi connectivity index (χ1v) is 12.6. The molecule has 0 fully saturated rings. The van der Waals surface area contributed by atoms with Crippen LogP contribution in [0.4, 0.5) is 17.1 Å². The van der Waals surface area contributed by atoms with Gasteiger partial charge in [-0.05, 0) is 72.4 Å².